The average molecular weight is 431 g/mol. The van der Waals surface area contributed by atoms with Gasteiger partial charge < -0.3 is 0 Å². The van der Waals surface area contributed by atoms with Gasteiger partial charge >= 0.3 is 0 Å². The molecule has 0 radical (unpaired) electrons. The van der Waals surface area contributed by atoms with Gasteiger partial charge in [-0.15, -0.1) is 10.2 Å². The summed E-state index contributed by atoms with van der Waals surface area (Å²) in [6, 6.07) is 14.6. The quantitative estimate of drug-likeness (QED) is 0.615. The molecule has 7 nitrogen and oxygen atoms in total. The molecule has 0 fully saturated rings. The Morgan fingerprint density at radius 2 is 1.72 bits per heavy atom. The molecule has 152 valence electrons. The molecule has 0 atom stereocenters. The number of amides is 1. The van der Waals surface area contributed by atoms with Crippen molar-refractivity contribution >= 4 is 38.1 Å². The van der Waals surface area contributed by atoms with Gasteiger partial charge in [-0.1, -0.05) is 43.4 Å². The van der Waals surface area contributed by atoms with Crippen molar-refractivity contribution in [3.05, 3.63) is 65.2 Å². The summed E-state index contributed by atoms with van der Waals surface area (Å²) < 4.78 is 26.8. The third kappa shape index (κ3) is 4.99. The van der Waals surface area contributed by atoms with E-state index in [1.807, 2.05) is 6.07 Å². The van der Waals surface area contributed by atoms with Crippen LogP contribution >= 0.6 is 11.3 Å². The number of sulfonamides is 1. The Labute approximate surface area is 174 Å². The number of para-hydroxylation sites is 1. The predicted molar refractivity (Wildman–Crippen MR) is 115 cm³/mol. The van der Waals surface area contributed by atoms with Gasteiger partial charge in [0.05, 0.1) is 10.6 Å². The fourth-order valence-electron chi connectivity index (χ4n) is 2.62. The third-order valence-corrected chi connectivity index (χ3v) is 6.83. The van der Waals surface area contributed by atoms with Crippen LogP contribution in [0, 0.1) is 5.92 Å². The summed E-state index contributed by atoms with van der Waals surface area (Å²) in [5, 5.41) is 12.0. The lowest BCUT2D eigenvalue weighted by Gasteiger charge is -2.19. The zero-order chi connectivity index (χ0) is 21.0. The largest absolute Gasteiger partial charge is 0.296 e. The number of carbonyl (C=O) groups is 1. The number of carbonyl (C=O) groups excluding carboxylic acids is 1. The van der Waals surface area contributed by atoms with Gasteiger partial charge in [0.15, 0.2) is 0 Å². The van der Waals surface area contributed by atoms with Gasteiger partial charge in [0, 0.05) is 19.0 Å². The van der Waals surface area contributed by atoms with Crippen molar-refractivity contribution in [3.63, 3.8) is 0 Å². The van der Waals surface area contributed by atoms with E-state index in [1.165, 1.54) is 47.0 Å². The molecule has 0 aliphatic heterocycles. The number of rotatable bonds is 7. The van der Waals surface area contributed by atoms with E-state index in [0.717, 1.165) is 11.4 Å². The molecule has 0 aliphatic carbocycles. The zero-order valence-electron chi connectivity index (χ0n) is 16.4. The third-order valence-electron chi connectivity index (χ3n) is 4.16. The lowest BCUT2D eigenvalue weighted by molar-refractivity contribution is 0.102. The molecule has 3 rings (SSSR count). The highest BCUT2D eigenvalue weighted by atomic mass is 32.2. The number of benzene rings is 2. The van der Waals surface area contributed by atoms with Gasteiger partial charge in [0.2, 0.25) is 5.13 Å². The van der Waals surface area contributed by atoms with Crippen molar-refractivity contribution in [2.24, 2.45) is 5.92 Å². The second-order valence-electron chi connectivity index (χ2n) is 6.89. The minimum absolute atomic E-state index is 0.107. The molecule has 0 spiro atoms. The Bertz CT molecular complexity index is 1080. The van der Waals surface area contributed by atoms with E-state index in [-0.39, 0.29) is 10.8 Å². The summed E-state index contributed by atoms with van der Waals surface area (Å²) >= 11 is 1.34. The lowest BCUT2D eigenvalue weighted by Crippen LogP contribution is -2.26. The van der Waals surface area contributed by atoms with E-state index < -0.39 is 10.0 Å². The molecule has 0 saturated heterocycles. The van der Waals surface area contributed by atoms with Gasteiger partial charge in [-0.25, -0.2) is 8.42 Å². The molecular formula is C20H22N4O3S2. The maximum atomic E-state index is 12.8. The first kappa shape index (κ1) is 20.9. The molecule has 0 bridgehead atoms. The minimum Gasteiger partial charge on any atom is -0.296 e. The monoisotopic (exact) mass is 430 g/mol. The maximum Gasteiger partial charge on any atom is 0.264 e. The predicted octanol–water partition coefficient (Wildman–Crippen LogP) is 3.81. The van der Waals surface area contributed by atoms with Crippen LogP contribution in [-0.4, -0.2) is 31.6 Å². The second-order valence-corrected chi connectivity index (χ2v) is 9.92. The van der Waals surface area contributed by atoms with Crippen molar-refractivity contribution in [2.75, 3.05) is 16.7 Å². The summed E-state index contributed by atoms with van der Waals surface area (Å²) in [6.45, 7) is 4.18. The highest BCUT2D eigenvalue weighted by Gasteiger charge is 2.21. The summed E-state index contributed by atoms with van der Waals surface area (Å²) in [7, 11) is -2.22. The first-order valence-corrected chi connectivity index (χ1v) is 11.3. The molecule has 29 heavy (non-hydrogen) atoms. The summed E-state index contributed by atoms with van der Waals surface area (Å²) in [6.07, 6.45) is 0.801. The van der Waals surface area contributed by atoms with Gasteiger partial charge in [0.25, 0.3) is 15.9 Å². The Balaban J connectivity index is 1.72. The van der Waals surface area contributed by atoms with Crippen LogP contribution in [0.5, 0.6) is 0 Å². The molecule has 3 aromatic rings. The van der Waals surface area contributed by atoms with E-state index in [4.69, 9.17) is 0 Å². The number of hydrogen-bond donors (Lipinski definition) is 1. The van der Waals surface area contributed by atoms with Crippen molar-refractivity contribution in [3.8, 4) is 0 Å². The van der Waals surface area contributed by atoms with E-state index in [2.05, 4.69) is 29.4 Å². The van der Waals surface area contributed by atoms with Gasteiger partial charge in [-0.05, 0) is 42.3 Å². The van der Waals surface area contributed by atoms with E-state index >= 15 is 0 Å². The van der Waals surface area contributed by atoms with Crippen LogP contribution in [-0.2, 0) is 16.4 Å². The Hall–Kier alpha value is -2.78. The first-order chi connectivity index (χ1) is 13.8. The van der Waals surface area contributed by atoms with E-state index in [0.29, 0.717) is 22.3 Å². The van der Waals surface area contributed by atoms with Crippen LogP contribution < -0.4 is 9.62 Å². The van der Waals surface area contributed by atoms with Crippen molar-refractivity contribution in [1.29, 1.82) is 0 Å². The Morgan fingerprint density at radius 1 is 1.07 bits per heavy atom. The number of hydrogen-bond acceptors (Lipinski definition) is 6. The fraction of sp³-hybridized carbons (Fsp3) is 0.250. The molecule has 1 heterocycles. The zero-order valence-corrected chi connectivity index (χ0v) is 18.0. The Morgan fingerprint density at radius 3 is 2.34 bits per heavy atom. The van der Waals surface area contributed by atoms with Crippen LogP contribution in [0.25, 0.3) is 0 Å². The van der Waals surface area contributed by atoms with E-state index in [9.17, 15) is 13.2 Å². The highest BCUT2D eigenvalue weighted by molar-refractivity contribution is 7.92. The second kappa shape index (κ2) is 8.71. The Kier molecular flexibility index (Phi) is 6.29. The standard InChI is InChI=1S/C20H22N4O3S2/c1-14(2)13-18-22-23-20(28-18)21-19(25)15-9-11-17(12-10-15)29(26,27)24(3)16-7-5-4-6-8-16/h4-12,14H,13H2,1-3H3,(H,21,23,25). The molecule has 2 aromatic carbocycles. The molecule has 9 heteroatoms. The summed E-state index contributed by atoms with van der Waals surface area (Å²) in [5.74, 6) is 0.0904. The van der Waals surface area contributed by atoms with Crippen LogP contribution in [0.4, 0.5) is 10.8 Å². The molecule has 1 amide bonds. The normalized spacial score (nSPS) is 11.4. The van der Waals surface area contributed by atoms with Crippen LogP contribution in [0.1, 0.15) is 29.2 Å². The number of nitrogens with zero attached hydrogens (tertiary/aromatic N) is 3. The maximum absolute atomic E-state index is 12.8. The minimum atomic E-state index is -3.72. The van der Waals surface area contributed by atoms with E-state index in [1.54, 1.807) is 24.3 Å². The molecular weight excluding hydrogens is 408 g/mol. The van der Waals surface area contributed by atoms with Crippen molar-refractivity contribution in [2.45, 2.75) is 25.2 Å². The molecule has 0 saturated carbocycles. The van der Waals surface area contributed by atoms with Gasteiger partial charge in [0.1, 0.15) is 5.01 Å². The molecule has 0 unspecified atom stereocenters. The molecule has 1 N–H and O–H groups in total. The van der Waals surface area contributed by atoms with Crippen molar-refractivity contribution in [1.82, 2.24) is 10.2 Å². The smallest absolute Gasteiger partial charge is 0.264 e. The fourth-order valence-corrected chi connectivity index (χ4v) is 4.76. The first-order valence-electron chi connectivity index (χ1n) is 9.05. The molecule has 0 aliphatic rings. The number of nitrogens with one attached hydrogen (secondary N) is 1. The number of anilines is 2. The number of aromatic nitrogens is 2. The van der Waals surface area contributed by atoms with Crippen molar-refractivity contribution < 1.29 is 13.2 Å². The van der Waals surface area contributed by atoms with Gasteiger partial charge in [-0.3, -0.25) is 14.4 Å². The SMILES string of the molecule is CC(C)Cc1nnc(NC(=O)c2ccc(S(=O)(=O)N(C)c3ccccc3)cc2)s1. The topological polar surface area (TPSA) is 92.3 Å². The van der Waals surface area contributed by atoms with Crippen LogP contribution in [0.3, 0.4) is 0 Å². The molecule has 1 aromatic heterocycles. The summed E-state index contributed by atoms with van der Waals surface area (Å²) in [5.41, 5.74) is 0.898. The highest BCUT2D eigenvalue weighted by Crippen LogP contribution is 2.23. The lowest BCUT2D eigenvalue weighted by atomic mass is 10.1. The van der Waals surface area contributed by atoms with Gasteiger partial charge in [-0.2, -0.15) is 0 Å². The average Bonchev–Trinajstić information content (AvgIpc) is 3.14. The summed E-state index contributed by atoms with van der Waals surface area (Å²) in [4.78, 5) is 12.5. The van der Waals surface area contributed by atoms with Crippen LogP contribution in [0.15, 0.2) is 59.5 Å². The van der Waals surface area contributed by atoms with Crippen LogP contribution in [0.2, 0.25) is 0 Å².